The molecular formula is C15H21N. The highest BCUT2D eigenvalue weighted by Crippen LogP contribution is 2.30. The summed E-state index contributed by atoms with van der Waals surface area (Å²) in [5, 5.41) is 3.48. The van der Waals surface area contributed by atoms with Crippen molar-refractivity contribution in [3.05, 3.63) is 29.3 Å². The third kappa shape index (κ3) is 2.09. The van der Waals surface area contributed by atoms with Crippen LogP contribution < -0.4 is 5.32 Å². The smallest absolute Gasteiger partial charge is 0.0372 e. The van der Waals surface area contributed by atoms with Gasteiger partial charge in [0.1, 0.15) is 0 Å². The fourth-order valence-corrected chi connectivity index (χ4v) is 3.20. The highest BCUT2D eigenvalue weighted by Gasteiger charge is 2.16. The van der Waals surface area contributed by atoms with E-state index >= 15 is 0 Å². The number of aryl methyl sites for hydroxylation is 1. The Hall–Kier alpha value is -0.980. The van der Waals surface area contributed by atoms with E-state index < -0.39 is 0 Å². The molecule has 1 aromatic carbocycles. The standard InChI is InChI=1S/C15H21N/c1-2-5-12(4-1)10-13-7-8-15-14(11-13)6-3-9-16-15/h7-8,11-12,16H,1-6,9-10H2. The summed E-state index contributed by atoms with van der Waals surface area (Å²) in [6.07, 6.45) is 9.69. The molecule has 1 aliphatic carbocycles. The van der Waals surface area contributed by atoms with Crippen LogP contribution in [0.25, 0.3) is 0 Å². The van der Waals surface area contributed by atoms with E-state index in [-0.39, 0.29) is 0 Å². The average molecular weight is 215 g/mol. The van der Waals surface area contributed by atoms with Gasteiger partial charge in [-0.2, -0.15) is 0 Å². The first-order chi connectivity index (χ1) is 7.92. The molecule has 0 saturated heterocycles. The Morgan fingerprint density at radius 3 is 2.88 bits per heavy atom. The molecule has 2 aliphatic rings. The normalized spacial score (nSPS) is 20.5. The zero-order valence-electron chi connectivity index (χ0n) is 9.97. The molecule has 1 nitrogen and oxygen atoms in total. The summed E-state index contributed by atoms with van der Waals surface area (Å²) in [6.45, 7) is 1.15. The van der Waals surface area contributed by atoms with Crippen molar-refractivity contribution in [2.45, 2.75) is 44.9 Å². The van der Waals surface area contributed by atoms with Crippen molar-refractivity contribution >= 4 is 5.69 Å². The number of anilines is 1. The van der Waals surface area contributed by atoms with Crippen LogP contribution in [0.2, 0.25) is 0 Å². The molecule has 0 radical (unpaired) electrons. The molecule has 0 aromatic heterocycles. The molecule has 86 valence electrons. The van der Waals surface area contributed by atoms with Crippen LogP contribution in [0.5, 0.6) is 0 Å². The van der Waals surface area contributed by atoms with Gasteiger partial charge >= 0.3 is 0 Å². The van der Waals surface area contributed by atoms with Gasteiger partial charge in [-0.1, -0.05) is 37.8 Å². The minimum absolute atomic E-state index is 0.967. The maximum Gasteiger partial charge on any atom is 0.0372 e. The van der Waals surface area contributed by atoms with Crippen LogP contribution in [0.1, 0.15) is 43.2 Å². The van der Waals surface area contributed by atoms with Crippen molar-refractivity contribution in [2.24, 2.45) is 5.92 Å². The van der Waals surface area contributed by atoms with Crippen LogP contribution in [0.3, 0.4) is 0 Å². The van der Waals surface area contributed by atoms with E-state index in [1.807, 2.05) is 0 Å². The van der Waals surface area contributed by atoms with Crippen molar-refractivity contribution < 1.29 is 0 Å². The largest absolute Gasteiger partial charge is 0.385 e. The lowest BCUT2D eigenvalue weighted by molar-refractivity contribution is 0.546. The predicted molar refractivity (Wildman–Crippen MR) is 68.9 cm³/mol. The monoisotopic (exact) mass is 215 g/mol. The Morgan fingerprint density at radius 1 is 1.12 bits per heavy atom. The summed E-state index contributed by atoms with van der Waals surface area (Å²) in [5.41, 5.74) is 4.48. The van der Waals surface area contributed by atoms with Gasteiger partial charge in [-0.15, -0.1) is 0 Å². The van der Waals surface area contributed by atoms with E-state index in [0.29, 0.717) is 0 Å². The minimum Gasteiger partial charge on any atom is -0.385 e. The van der Waals surface area contributed by atoms with Gasteiger partial charge in [0.25, 0.3) is 0 Å². The van der Waals surface area contributed by atoms with Gasteiger partial charge in [-0.05, 0) is 42.4 Å². The van der Waals surface area contributed by atoms with E-state index in [1.54, 1.807) is 11.1 Å². The molecule has 0 unspecified atom stereocenters. The lowest BCUT2D eigenvalue weighted by Crippen LogP contribution is -2.12. The molecule has 1 aliphatic heterocycles. The Bertz CT molecular complexity index is 364. The van der Waals surface area contributed by atoms with Gasteiger partial charge in [-0.3, -0.25) is 0 Å². The Kier molecular flexibility index (Phi) is 2.86. The summed E-state index contributed by atoms with van der Waals surface area (Å²) in [5.74, 6) is 0.967. The number of fused-ring (bicyclic) bond motifs is 1. The summed E-state index contributed by atoms with van der Waals surface area (Å²) in [6, 6.07) is 7.06. The van der Waals surface area contributed by atoms with Crippen LogP contribution in [0, 0.1) is 5.92 Å². The minimum atomic E-state index is 0.967. The Balaban J connectivity index is 1.74. The zero-order chi connectivity index (χ0) is 10.8. The first-order valence-electron chi connectivity index (χ1n) is 6.77. The average Bonchev–Trinajstić information content (AvgIpc) is 2.82. The number of nitrogens with one attached hydrogen (secondary N) is 1. The predicted octanol–water partition coefficient (Wildman–Crippen LogP) is 3.78. The van der Waals surface area contributed by atoms with Gasteiger partial charge in [0.15, 0.2) is 0 Å². The highest BCUT2D eigenvalue weighted by atomic mass is 14.9. The molecule has 1 heterocycles. The third-order valence-corrected chi connectivity index (χ3v) is 4.11. The van der Waals surface area contributed by atoms with E-state index in [9.17, 15) is 0 Å². The molecule has 0 atom stereocenters. The summed E-state index contributed by atoms with van der Waals surface area (Å²) in [4.78, 5) is 0. The van der Waals surface area contributed by atoms with Gasteiger partial charge in [0.05, 0.1) is 0 Å². The first kappa shape index (κ1) is 10.2. The molecule has 16 heavy (non-hydrogen) atoms. The Labute approximate surface area is 98.3 Å². The lowest BCUT2D eigenvalue weighted by Gasteiger charge is -2.19. The summed E-state index contributed by atoms with van der Waals surface area (Å²) < 4.78 is 0. The molecular weight excluding hydrogens is 194 g/mol. The van der Waals surface area contributed by atoms with Crippen LogP contribution in [0.4, 0.5) is 5.69 Å². The van der Waals surface area contributed by atoms with Crippen molar-refractivity contribution in [1.82, 2.24) is 0 Å². The van der Waals surface area contributed by atoms with Gasteiger partial charge < -0.3 is 5.32 Å². The van der Waals surface area contributed by atoms with Crippen LogP contribution >= 0.6 is 0 Å². The summed E-state index contributed by atoms with van der Waals surface area (Å²) >= 11 is 0. The maximum atomic E-state index is 3.48. The first-order valence-corrected chi connectivity index (χ1v) is 6.77. The number of hydrogen-bond acceptors (Lipinski definition) is 1. The molecule has 0 amide bonds. The zero-order valence-corrected chi connectivity index (χ0v) is 9.97. The van der Waals surface area contributed by atoms with Crippen molar-refractivity contribution in [3.8, 4) is 0 Å². The van der Waals surface area contributed by atoms with Crippen LogP contribution in [0.15, 0.2) is 18.2 Å². The molecule has 0 bridgehead atoms. The fraction of sp³-hybridized carbons (Fsp3) is 0.600. The molecule has 1 N–H and O–H groups in total. The van der Waals surface area contributed by atoms with Gasteiger partial charge in [0.2, 0.25) is 0 Å². The van der Waals surface area contributed by atoms with Crippen molar-refractivity contribution in [1.29, 1.82) is 0 Å². The van der Waals surface area contributed by atoms with Crippen LogP contribution in [-0.4, -0.2) is 6.54 Å². The van der Waals surface area contributed by atoms with E-state index in [0.717, 1.165) is 12.5 Å². The molecule has 1 aromatic rings. The maximum absolute atomic E-state index is 3.48. The fourth-order valence-electron chi connectivity index (χ4n) is 3.20. The van der Waals surface area contributed by atoms with Gasteiger partial charge in [0, 0.05) is 12.2 Å². The van der Waals surface area contributed by atoms with E-state index in [2.05, 4.69) is 23.5 Å². The second kappa shape index (κ2) is 4.48. The highest BCUT2D eigenvalue weighted by molar-refractivity contribution is 5.54. The SMILES string of the molecule is c1cc2c(cc1CC1CCCC1)CCCN2. The third-order valence-electron chi connectivity index (χ3n) is 4.11. The number of rotatable bonds is 2. The molecule has 0 spiro atoms. The van der Waals surface area contributed by atoms with Crippen molar-refractivity contribution in [3.63, 3.8) is 0 Å². The molecule has 1 heteroatoms. The molecule has 1 fully saturated rings. The lowest BCUT2D eigenvalue weighted by atomic mass is 9.94. The van der Waals surface area contributed by atoms with Crippen molar-refractivity contribution in [2.75, 3.05) is 11.9 Å². The van der Waals surface area contributed by atoms with E-state index in [1.165, 1.54) is 50.6 Å². The number of hydrogen-bond donors (Lipinski definition) is 1. The quantitative estimate of drug-likeness (QED) is 0.791. The molecule has 3 rings (SSSR count). The number of benzene rings is 1. The summed E-state index contributed by atoms with van der Waals surface area (Å²) in [7, 11) is 0. The topological polar surface area (TPSA) is 12.0 Å². The Morgan fingerprint density at radius 2 is 2.00 bits per heavy atom. The second-order valence-corrected chi connectivity index (χ2v) is 5.38. The molecule has 1 saturated carbocycles. The van der Waals surface area contributed by atoms with E-state index in [4.69, 9.17) is 0 Å². The van der Waals surface area contributed by atoms with Crippen LogP contribution in [-0.2, 0) is 12.8 Å². The van der Waals surface area contributed by atoms with Gasteiger partial charge in [-0.25, -0.2) is 0 Å². The second-order valence-electron chi connectivity index (χ2n) is 5.38.